The number of nitrogens with zero attached hydrogens (tertiary/aromatic N) is 2. The maximum absolute atomic E-state index is 14.4. The lowest BCUT2D eigenvalue weighted by atomic mass is 9.61. The highest BCUT2D eigenvalue weighted by Crippen LogP contribution is 2.72. The molecule has 14 heteroatoms. The molecule has 8 nitrogen and oxygen atoms in total. The third kappa shape index (κ3) is 6.44. The molecule has 4 bridgehead atoms. The van der Waals surface area contributed by atoms with Crippen molar-refractivity contribution in [3.8, 4) is 0 Å². The van der Waals surface area contributed by atoms with Gasteiger partial charge >= 0.3 is 12.4 Å². The number of rotatable bonds is 6. The number of alkyl halides is 6. The second-order valence-electron chi connectivity index (χ2n) is 20.6. The van der Waals surface area contributed by atoms with Crippen LogP contribution in [0.1, 0.15) is 66.8 Å². The van der Waals surface area contributed by atoms with E-state index in [0.29, 0.717) is 33.4 Å². The summed E-state index contributed by atoms with van der Waals surface area (Å²) in [5, 5.41) is 0. The molecule has 0 radical (unpaired) electrons. The molecule has 0 aliphatic carbocycles. The van der Waals surface area contributed by atoms with Crippen LogP contribution in [-0.2, 0) is 63.4 Å². The number of hydrogen-bond acceptors (Lipinski definition) is 6. The highest BCUT2D eigenvalue weighted by atomic mass is 19.4. The molecular weight excluding hydrogens is 1010 g/mol. The molecule has 8 aromatic rings. The van der Waals surface area contributed by atoms with Crippen LogP contribution < -0.4 is 9.80 Å². The van der Waals surface area contributed by atoms with E-state index in [1.807, 2.05) is 170 Å². The van der Waals surface area contributed by atoms with Gasteiger partial charge < -0.3 is 9.47 Å². The van der Waals surface area contributed by atoms with Crippen molar-refractivity contribution < 1.29 is 55.0 Å². The Kier molecular flexibility index (Phi) is 10.7. The molecule has 0 unspecified atom stereocenters. The summed E-state index contributed by atoms with van der Waals surface area (Å²) in [4.78, 5) is 59.6. The minimum Gasteiger partial charge on any atom is -0.348 e. The quantitative estimate of drug-likeness (QED) is 0.122. The Bertz CT molecular complexity index is 3370. The van der Waals surface area contributed by atoms with E-state index in [-0.39, 0.29) is 11.4 Å². The summed E-state index contributed by atoms with van der Waals surface area (Å²) in [6.45, 7) is 3.20. The number of anilines is 2. The second kappa shape index (κ2) is 17.0. The minimum absolute atomic E-state index is 0.0518. The minimum atomic E-state index is -4.63. The molecule has 78 heavy (non-hydrogen) atoms. The fourth-order valence-corrected chi connectivity index (χ4v) is 13.7. The van der Waals surface area contributed by atoms with Gasteiger partial charge in [0.15, 0.2) is 0 Å². The normalized spacial score (nSPS) is 27.1. The lowest BCUT2D eigenvalue weighted by molar-refractivity contribution is -0.138. The Balaban J connectivity index is 0.000000148. The molecule has 8 aromatic carbocycles. The number of carbonyl (C=O) groups is 4. The summed E-state index contributed by atoms with van der Waals surface area (Å²) >= 11 is 0. The Morgan fingerprint density at radius 3 is 0.808 bits per heavy atom. The number of hydrogen-bond donors (Lipinski definition) is 0. The van der Waals surface area contributed by atoms with Gasteiger partial charge in [-0.15, -0.1) is 0 Å². The van der Waals surface area contributed by atoms with Gasteiger partial charge in [-0.25, -0.2) is 9.80 Å². The van der Waals surface area contributed by atoms with E-state index >= 15 is 0 Å². The largest absolute Gasteiger partial charge is 0.416 e. The van der Waals surface area contributed by atoms with Gasteiger partial charge in [0.2, 0.25) is 23.6 Å². The lowest BCUT2D eigenvalue weighted by Crippen LogP contribution is -2.42. The lowest BCUT2D eigenvalue weighted by Gasteiger charge is -2.34. The summed E-state index contributed by atoms with van der Waals surface area (Å²) in [6.07, 6.45) is -9.25. The van der Waals surface area contributed by atoms with Crippen LogP contribution in [0.15, 0.2) is 206 Å². The van der Waals surface area contributed by atoms with Crippen LogP contribution in [0.25, 0.3) is 0 Å². The van der Waals surface area contributed by atoms with Crippen LogP contribution in [0.5, 0.6) is 0 Å². The molecule has 4 fully saturated rings. The van der Waals surface area contributed by atoms with E-state index < -0.39 is 93.2 Å². The fraction of sp³-hybridized carbons (Fsp3) is 0.188. The van der Waals surface area contributed by atoms with Crippen molar-refractivity contribution in [2.75, 3.05) is 9.80 Å². The maximum atomic E-state index is 14.4. The highest BCUT2D eigenvalue weighted by molar-refractivity contribution is 6.25. The van der Waals surface area contributed by atoms with Gasteiger partial charge in [0, 0.05) is 0 Å². The molecule has 388 valence electrons. The molecule has 6 aliphatic rings. The third-order valence-corrected chi connectivity index (χ3v) is 16.8. The number of ether oxygens (including phenoxy) is 2. The van der Waals surface area contributed by atoms with Crippen LogP contribution in [0.2, 0.25) is 0 Å². The zero-order chi connectivity index (χ0) is 54.3. The van der Waals surface area contributed by atoms with Crippen molar-refractivity contribution in [1.82, 2.24) is 0 Å². The molecule has 6 heterocycles. The summed E-state index contributed by atoms with van der Waals surface area (Å²) < 4.78 is 96.2. The average molecular weight is 1050 g/mol. The summed E-state index contributed by atoms with van der Waals surface area (Å²) in [7, 11) is 0. The Morgan fingerprint density at radius 2 is 0.577 bits per heavy atom. The number of fused-ring (bicyclic) bond motifs is 16. The van der Waals surface area contributed by atoms with E-state index in [2.05, 4.69) is 0 Å². The monoisotopic (exact) mass is 1050 g/mol. The van der Waals surface area contributed by atoms with Gasteiger partial charge in [-0.05, 0) is 93.7 Å². The average Bonchev–Trinajstić information content (AvgIpc) is 2.27. The molecule has 14 rings (SSSR count). The molecule has 4 saturated heterocycles. The first-order chi connectivity index (χ1) is 37.4. The summed E-state index contributed by atoms with van der Waals surface area (Å²) in [5.41, 5.74) is -0.335. The van der Waals surface area contributed by atoms with Gasteiger partial charge in [-0.3, -0.25) is 19.2 Å². The van der Waals surface area contributed by atoms with Crippen molar-refractivity contribution in [1.29, 1.82) is 0 Å². The summed E-state index contributed by atoms with van der Waals surface area (Å²) in [5.74, 6) is -6.17. The first-order valence-electron chi connectivity index (χ1n) is 25.4. The van der Waals surface area contributed by atoms with Gasteiger partial charge in [-0.2, -0.15) is 26.3 Å². The third-order valence-electron chi connectivity index (χ3n) is 16.8. The molecular formula is C64H44F6N2O6. The van der Waals surface area contributed by atoms with E-state index in [1.54, 1.807) is 13.8 Å². The molecule has 8 atom stereocenters. The van der Waals surface area contributed by atoms with Crippen molar-refractivity contribution >= 4 is 35.0 Å². The highest BCUT2D eigenvalue weighted by Gasteiger charge is 2.80. The van der Waals surface area contributed by atoms with Crippen molar-refractivity contribution in [2.45, 2.75) is 48.6 Å². The number of amides is 4. The first-order valence-corrected chi connectivity index (χ1v) is 25.4. The van der Waals surface area contributed by atoms with Crippen LogP contribution in [0, 0.1) is 37.5 Å². The number of carbonyl (C=O) groups excluding carboxylic acids is 4. The second-order valence-corrected chi connectivity index (χ2v) is 20.6. The van der Waals surface area contributed by atoms with Gasteiger partial charge in [0.1, 0.15) is 22.4 Å². The smallest absolute Gasteiger partial charge is 0.348 e. The van der Waals surface area contributed by atoms with E-state index in [1.165, 1.54) is 12.1 Å². The van der Waals surface area contributed by atoms with E-state index in [0.717, 1.165) is 56.3 Å². The molecule has 4 amide bonds. The van der Waals surface area contributed by atoms with Crippen LogP contribution in [0.3, 0.4) is 0 Å². The van der Waals surface area contributed by atoms with Gasteiger partial charge in [0.05, 0.1) is 46.2 Å². The zero-order valence-electron chi connectivity index (χ0n) is 41.6. The predicted octanol–water partition coefficient (Wildman–Crippen LogP) is 12.7. The fourth-order valence-electron chi connectivity index (χ4n) is 13.7. The maximum Gasteiger partial charge on any atom is 0.416 e. The molecule has 6 aliphatic heterocycles. The molecule has 0 aromatic heterocycles. The number of halogens is 6. The molecule has 0 spiro atoms. The van der Waals surface area contributed by atoms with Crippen LogP contribution in [-0.4, -0.2) is 23.6 Å². The van der Waals surface area contributed by atoms with Crippen molar-refractivity contribution in [2.24, 2.45) is 23.7 Å². The predicted molar refractivity (Wildman–Crippen MR) is 275 cm³/mol. The van der Waals surface area contributed by atoms with Gasteiger partial charge in [0.25, 0.3) is 0 Å². The van der Waals surface area contributed by atoms with E-state index in [4.69, 9.17) is 9.47 Å². The Labute approximate surface area is 443 Å². The molecule has 0 saturated carbocycles. The van der Waals surface area contributed by atoms with E-state index in [9.17, 15) is 45.5 Å². The number of imide groups is 2. The van der Waals surface area contributed by atoms with Crippen LogP contribution in [0.4, 0.5) is 37.7 Å². The Hall–Kier alpha value is -8.46. The Morgan fingerprint density at radius 1 is 0.346 bits per heavy atom. The van der Waals surface area contributed by atoms with Crippen LogP contribution >= 0.6 is 0 Å². The summed E-state index contributed by atoms with van der Waals surface area (Å²) in [6, 6.07) is 58.7. The van der Waals surface area contributed by atoms with Crippen molar-refractivity contribution in [3.05, 3.63) is 273 Å². The standard InChI is InChI=1S/2C32H22F3NO3/c2*1-19-16-17-22(32(33,34)35)18-25(19)36-28(37)26-27(29(36)38)31(21-12-6-3-7-13-21)24-15-9-8-14-23(24)30(26,39-31)20-10-4-2-5-11-20/h2*2-18,26-27H,1H3/t2*26-,27+,30+,31-. The van der Waals surface area contributed by atoms with Gasteiger partial charge in [-0.1, -0.05) is 182 Å². The zero-order valence-corrected chi connectivity index (χ0v) is 41.6. The number of aryl methyl sites for hydroxylation is 2. The van der Waals surface area contributed by atoms with Crippen molar-refractivity contribution in [3.63, 3.8) is 0 Å². The molecule has 0 N–H and O–H groups in total. The topological polar surface area (TPSA) is 93.2 Å². The number of benzene rings is 8. The SMILES string of the molecule is Cc1ccc(C(F)(F)F)cc1N1C(=O)[C@@H]2[C@H](C1=O)[C@@]1(c3ccccc3)O[C@]2(c2ccccc2)c2ccccc21.Cc1ccc(C(F)(F)F)cc1N1C(=O)[C@@H]2[C@H](C1=O)[C@@]1(c3ccccc3)O[C@]2(c2ccccc2)c2ccccc21. The first kappa shape index (κ1) is 49.1.